The summed E-state index contributed by atoms with van der Waals surface area (Å²) in [6.07, 6.45) is 8.71. The van der Waals surface area contributed by atoms with Crippen LogP contribution in [-0.4, -0.2) is 36.8 Å². The van der Waals surface area contributed by atoms with E-state index in [0.717, 1.165) is 25.7 Å². The highest BCUT2D eigenvalue weighted by atomic mass is 19.1. The molecular formula is C22H26F2N6O. The lowest BCUT2D eigenvalue weighted by Gasteiger charge is -2.28. The second kappa shape index (κ2) is 8.37. The third-order valence-corrected chi connectivity index (χ3v) is 6.35. The summed E-state index contributed by atoms with van der Waals surface area (Å²) in [4.78, 5) is 13.7. The van der Waals surface area contributed by atoms with Crippen molar-refractivity contribution in [1.82, 2.24) is 19.5 Å². The second-order valence-corrected chi connectivity index (χ2v) is 8.52. The zero-order chi connectivity index (χ0) is 21.4. The Labute approximate surface area is 178 Å². The highest BCUT2D eigenvalue weighted by Gasteiger charge is 2.27. The van der Waals surface area contributed by atoms with Crippen molar-refractivity contribution in [3.8, 4) is 0 Å². The number of aliphatic hydroxyl groups is 1. The number of nitrogens with one attached hydrogen (secondary N) is 2. The quantitative estimate of drug-likeness (QED) is 0.547. The molecule has 2 aliphatic rings. The van der Waals surface area contributed by atoms with Gasteiger partial charge in [-0.15, -0.1) is 0 Å². The maximum atomic E-state index is 14.3. The summed E-state index contributed by atoms with van der Waals surface area (Å²) >= 11 is 0. The molecule has 0 bridgehead atoms. The van der Waals surface area contributed by atoms with Gasteiger partial charge in [-0.05, 0) is 50.7 Å². The fourth-order valence-corrected chi connectivity index (χ4v) is 4.69. The Morgan fingerprint density at radius 3 is 2.39 bits per heavy atom. The Hall–Kier alpha value is -2.81. The number of anilines is 3. The zero-order valence-corrected chi connectivity index (χ0v) is 17.2. The van der Waals surface area contributed by atoms with Gasteiger partial charge < -0.3 is 15.7 Å². The number of hydrogen-bond acceptors (Lipinski definition) is 6. The molecule has 2 aliphatic carbocycles. The number of para-hydroxylation sites is 1. The molecule has 31 heavy (non-hydrogen) atoms. The predicted octanol–water partition coefficient (Wildman–Crippen LogP) is 4.68. The van der Waals surface area contributed by atoms with Gasteiger partial charge in [0.05, 0.1) is 12.3 Å². The largest absolute Gasteiger partial charge is 0.393 e. The molecule has 9 heteroatoms. The Bertz CT molecular complexity index is 1050. The minimum atomic E-state index is -0.688. The molecule has 1 aromatic carbocycles. The Kier molecular flexibility index (Phi) is 5.43. The van der Waals surface area contributed by atoms with Gasteiger partial charge >= 0.3 is 0 Å². The van der Waals surface area contributed by atoms with E-state index in [9.17, 15) is 13.9 Å². The molecule has 0 aliphatic heterocycles. The SMILES string of the molecule is OC1CCC(n2c(Nc3c(F)cccc3F)nc3cnc(NC4CCCC4)nc32)CC1. The smallest absolute Gasteiger partial charge is 0.224 e. The molecule has 0 amide bonds. The van der Waals surface area contributed by atoms with Gasteiger partial charge in [-0.25, -0.2) is 18.7 Å². The van der Waals surface area contributed by atoms with E-state index < -0.39 is 11.6 Å². The Morgan fingerprint density at radius 1 is 0.968 bits per heavy atom. The number of halogens is 2. The zero-order valence-electron chi connectivity index (χ0n) is 17.2. The fourth-order valence-electron chi connectivity index (χ4n) is 4.69. The molecule has 164 valence electrons. The molecule has 7 nitrogen and oxygen atoms in total. The Morgan fingerprint density at radius 2 is 1.68 bits per heavy atom. The number of benzene rings is 1. The van der Waals surface area contributed by atoms with Crippen LogP contribution in [0.25, 0.3) is 11.2 Å². The lowest BCUT2D eigenvalue weighted by Crippen LogP contribution is -2.22. The van der Waals surface area contributed by atoms with Gasteiger partial charge in [-0.3, -0.25) is 4.57 Å². The number of hydrogen-bond donors (Lipinski definition) is 3. The summed E-state index contributed by atoms with van der Waals surface area (Å²) in [7, 11) is 0. The van der Waals surface area contributed by atoms with Crippen LogP contribution in [-0.2, 0) is 0 Å². The number of fused-ring (bicyclic) bond motifs is 1. The highest BCUT2D eigenvalue weighted by molar-refractivity contribution is 5.76. The van der Waals surface area contributed by atoms with Gasteiger partial charge in [0.25, 0.3) is 0 Å². The van der Waals surface area contributed by atoms with Crippen molar-refractivity contribution < 1.29 is 13.9 Å². The van der Waals surface area contributed by atoms with E-state index in [-0.39, 0.29) is 17.8 Å². The van der Waals surface area contributed by atoms with E-state index >= 15 is 0 Å². The first-order valence-electron chi connectivity index (χ1n) is 11.0. The van der Waals surface area contributed by atoms with Gasteiger partial charge in [-0.1, -0.05) is 18.9 Å². The molecule has 2 fully saturated rings. The van der Waals surface area contributed by atoms with Crippen LogP contribution < -0.4 is 10.6 Å². The van der Waals surface area contributed by atoms with Crippen LogP contribution in [0.1, 0.15) is 57.4 Å². The van der Waals surface area contributed by atoms with Gasteiger partial charge in [0, 0.05) is 12.1 Å². The fraction of sp³-hybridized carbons (Fsp3) is 0.500. The van der Waals surface area contributed by atoms with Crippen molar-refractivity contribution in [2.75, 3.05) is 10.6 Å². The van der Waals surface area contributed by atoms with Crippen molar-refractivity contribution in [3.63, 3.8) is 0 Å². The van der Waals surface area contributed by atoms with E-state index in [0.29, 0.717) is 41.9 Å². The summed E-state index contributed by atoms with van der Waals surface area (Å²) in [5.74, 6) is -0.507. The van der Waals surface area contributed by atoms with E-state index in [1.54, 1.807) is 6.20 Å². The van der Waals surface area contributed by atoms with E-state index in [2.05, 4.69) is 20.6 Å². The standard InChI is InChI=1S/C22H26F2N6O/c23-16-6-3-7-17(24)19(16)28-22-27-18-12-25-21(26-13-4-1-2-5-13)29-20(18)30(22)14-8-10-15(31)11-9-14/h3,6-7,12-15,31H,1-2,4-5,8-11H2,(H,27,28)(H,25,26,29). The maximum absolute atomic E-state index is 14.3. The number of imidazole rings is 1. The topological polar surface area (TPSA) is 87.9 Å². The predicted molar refractivity (Wildman–Crippen MR) is 114 cm³/mol. The van der Waals surface area contributed by atoms with Crippen molar-refractivity contribution in [1.29, 1.82) is 0 Å². The molecule has 5 rings (SSSR count). The average Bonchev–Trinajstić information content (AvgIpc) is 3.39. The highest BCUT2D eigenvalue weighted by Crippen LogP contribution is 2.35. The van der Waals surface area contributed by atoms with Crippen molar-refractivity contribution in [2.45, 2.75) is 69.6 Å². The molecule has 2 aromatic heterocycles. The van der Waals surface area contributed by atoms with Crippen LogP contribution in [0, 0.1) is 11.6 Å². The first kappa shape index (κ1) is 20.1. The monoisotopic (exact) mass is 428 g/mol. The van der Waals surface area contributed by atoms with Gasteiger partial charge in [0.15, 0.2) is 5.65 Å². The molecule has 3 N–H and O–H groups in total. The van der Waals surface area contributed by atoms with Gasteiger partial charge in [0.2, 0.25) is 11.9 Å². The van der Waals surface area contributed by atoms with Crippen LogP contribution >= 0.6 is 0 Å². The molecule has 0 saturated heterocycles. The first-order chi connectivity index (χ1) is 15.1. The van der Waals surface area contributed by atoms with E-state index in [4.69, 9.17) is 4.98 Å². The van der Waals surface area contributed by atoms with Crippen LogP contribution in [0.3, 0.4) is 0 Å². The number of rotatable bonds is 5. The third-order valence-electron chi connectivity index (χ3n) is 6.35. The molecule has 0 radical (unpaired) electrons. The summed E-state index contributed by atoms with van der Waals surface area (Å²) in [5, 5.41) is 16.2. The normalized spacial score (nSPS) is 22.2. The molecule has 3 aromatic rings. The lowest BCUT2D eigenvalue weighted by molar-refractivity contribution is 0.112. The van der Waals surface area contributed by atoms with E-state index in [1.165, 1.54) is 31.0 Å². The molecular weight excluding hydrogens is 402 g/mol. The number of nitrogens with zero attached hydrogens (tertiary/aromatic N) is 4. The minimum absolute atomic E-state index is 0.0139. The number of aromatic nitrogens is 4. The maximum Gasteiger partial charge on any atom is 0.224 e. The van der Waals surface area contributed by atoms with Crippen LogP contribution in [0.4, 0.5) is 26.4 Å². The third kappa shape index (κ3) is 4.06. The molecule has 0 atom stereocenters. The number of aliphatic hydroxyl groups excluding tert-OH is 1. The summed E-state index contributed by atoms with van der Waals surface area (Å²) < 4.78 is 30.5. The Balaban J connectivity index is 1.55. The molecule has 0 unspecified atom stereocenters. The van der Waals surface area contributed by atoms with Crippen LogP contribution in [0.5, 0.6) is 0 Å². The summed E-state index contributed by atoms with van der Waals surface area (Å²) in [6, 6.07) is 4.12. The lowest BCUT2D eigenvalue weighted by atomic mass is 9.93. The second-order valence-electron chi connectivity index (χ2n) is 8.52. The first-order valence-corrected chi connectivity index (χ1v) is 11.0. The summed E-state index contributed by atoms with van der Waals surface area (Å²) in [5.41, 5.74) is 0.936. The van der Waals surface area contributed by atoms with Gasteiger partial charge in [-0.2, -0.15) is 4.98 Å². The van der Waals surface area contributed by atoms with Crippen LogP contribution in [0.15, 0.2) is 24.4 Å². The van der Waals surface area contributed by atoms with E-state index in [1.807, 2.05) is 4.57 Å². The minimum Gasteiger partial charge on any atom is -0.393 e. The average molecular weight is 428 g/mol. The van der Waals surface area contributed by atoms with Crippen molar-refractivity contribution >= 4 is 28.7 Å². The van der Waals surface area contributed by atoms with Gasteiger partial charge in [0.1, 0.15) is 22.8 Å². The molecule has 2 saturated carbocycles. The molecule has 0 spiro atoms. The van der Waals surface area contributed by atoms with Crippen molar-refractivity contribution in [3.05, 3.63) is 36.0 Å². The van der Waals surface area contributed by atoms with Crippen molar-refractivity contribution in [2.24, 2.45) is 0 Å². The van der Waals surface area contributed by atoms with Crippen LogP contribution in [0.2, 0.25) is 0 Å². The molecule has 2 heterocycles. The summed E-state index contributed by atoms with van der Waals surface area (Å²) in [6.45, 7) is 0.